The molecule has 0 N–H and O–H groups in total. The number of allylic oxidation sites excluding steroid dienone is 7. The molecule has 1 aliphatic heterocycles. The molecule has 36 heavy (non-hydrogen) atoms. The molecule has 1 saturated heterocycles. The molecule has 3 nitrogen and oxygen atoms in total. The maximum absolute atomic E-state index is 12.8. The van der Waals surface area contributed by atoms with Crippen molar-refractivity contribution < 1.29 is 9.53 Å². The summed E-state index contributed by atoms with van der Waals surface area (Å²) >= 11 is 3.83. The number of hydrogen-bond donors (Lipinski definition) is 0. The van der Waals surface area contributed by atoms with Gasteiger partial charge in [0.1, 0.15) is 5.60 Å². The van der Waals surface area contributed by atoms with Crippen LogP contribution in [0.5, 0.6) is 0 Å². The minimum absolute atomic E-state index is 0.00952. The number of carbonyl (C=O) groups is 1. The second kappa shape index (κ2) is 14.6. The zero-order valence-electron chi connectivity index (χ0n) is 24.5. The molecule has 1 fully saturated rings. The lowest BCUT2D eigenvalue weighted by atomic mass is 9.87. The fourth-order valence-electron chi connectivity index (χ4n) is 5.61. The normalized spacial score (nSPS) is 21.6. The first-order chi connectivity index (χ1) is 17.0. The molecule has 0 saturated carbocycles. The van der Waals surface area contributed by atoms with Crippen molar-refractivity contribution in [3.05, 3.63) is 44.1 Å². The Hall–Kier alpha value is -1.29. The monoisotopic (exact) mass is 561 g/mol. The topological polar surface area (TPSA) is 29.5 Å². The second-order valence-corrected chi connectivity index (χ2v) is 12.9. The fourth-order valence-corrected chi connectivity index (χ4v) is 6.16. The van der Waals surface area contributed by atoms with Gasteiger partial charge in [-0.1, -0.05) is 59.3 Å². The van der Waals surface area contributed by atoms with Crippen LogP contribution in [-0.2, 0) is 9.53 Å². The third kappa shape index (κ3) is 9.54. The number of hydrogen-bond acceptors (Lipinski definition) is 3. The smallest absolute Gasteiger partial charge is 0.309 e. The summed E-state index contributed by atoms with van der Waals surface area (Å²) in [4.78, 5) is 15.5. The predicted octanol–water partition coefficient (Wildman–Crippen LogP) is 9.79. The van der Waals surface area contributed by atoms with Gasteiger partial charge in [0.25, 0.3) is 0 Å². The van der Waals surface area contributed by atoms with E-state index in [1.54, 1.807) is 16.7 Å². The Bertz CT molecular complexity index is 884. The van der Waals surface area contributed by atoms with Gasteiger partial charge in [-0.05, 0) is 121 Å². The lowest BCUT2D eigenvalue weighted by Crippen LogP contribution is -2.29. The molecule has 1 unspecified atom stereocenters. The number of halogens is 1. The number of ether oxygens (including phenoxy) is 1. The molecule has 0 aromatic carbocycles. The van der Waals surface area contributed by atoms with E-state index in [1.165, 1.54) is 34.2 Å². The maximum Gasteiger partial charge on any atom is 0.309 e. The summed E-state index contributed by atoms with van der Waals surface area (Å²) in [5.41, 5.74) is 8.63. The van der Waals surface area contributed by atoms with Crippen molar-refractivity contribution in [2.75, 3.05) is 13.1 Å². The van der Waals surface area contributed by atoms with Crippen LogP contribution in [0.4, 0.5) is 0 Å². The minimum atomic E-state index is -0.417. The van der Waals surface area contributed by atoms with Gasteiger partial charge in [0.05, 0.1) is 5.92 Å². The third-order valence-corrected chi connectivity index (χ3v) is 8.22. The summed E-state index contributed by atoms with van der Waals surface area (Å²) in [5, 5.41) is 0. The van der Waals surface area contributed by atoms with Gasteiger partial charge in [-0.2, -0.15) is 0 Å². The van der Waals surface area contributed by atoms with E-state index in [1.807, 2.05) is 20.8 Å². The number of nitrogens with zero attached hydrogens (tertiary/aromatic N) is 1. The predicted molar refractivity (Wildman–Crippen MR) is 158 cm³/mol. The lowest BCUT2D eigenvalue weighted by Gasteiger charge is -2.33. The molecule has 0 radical (unpaired) electrons. The van der Waals surface area contributed by atoms with E-state index < -0.39 is 5.60 Å². The minimum Gasteiger partial charge on any atom is -0.460 e. The summed E-state index contributed by atoms with van der Waals surface area (Å²) in [5.74, 6) is 0.0124. The average Bonchev–Trinajstić information content (AvgIpc) is 2.90. The van der Waals surface area contributed by atoms with Crippen molar-refractivity contribution in [2.45, 2.75) is 132 Å². The number of carbonyl (C=O) groups excluding carboxylic acids is 1. The van der Waals surface area contributed by atoms with Gasteiger partial charge in [0.15, 0.2) is 0 Å². The van der Waals surface area contributed by atoms with Crippen molar-refractivity contribution in [3.8, 4) is 0 Å². The van der Waals surface area contributed by atoms with Crippen LogP contribution in [-0.4, -0.2) is 29.6 Å². The van der Waals surface area contributed by atoms with Crippen LogP contribution in [0.15, 0.2) is 44.1 Å². The van der Waals surface area contributed by atoms with Crippen LogP contribution >= 0.6 is 15.9 Å². The Kier molecular flexibility index (Phi) is 12.5. The molecular formula is C32H52BrNO2. The lowest BCUT2D eigenvalue weighted by molar-refractivity contribution is -0.160. The van der Waals surface area contributed by atoms with Gasteiger partial charge in [-0.25, -0.2) is 0 Å². The van der Waals surface area contributed by atoms with E-state index in [-0.39, 0.29) is 11.9 Å². The van der Waals surface area contributed by atoms with E-state index in [4.69, 9.17) is 4.74 Å². The zero-order chi connectivity index (χ0) is 26.9. The molecule has 4 heteroatoms. The van der Waals surface area contributed by atoms with Crippen molar-refractivity contribution in [2.24, 2.45) is 5.92 Å². The largest absolute Gasteiger partial charge is 0.460 e. The summed E-state index contributed by atoms with van der Waals surface area (Å²) in [6.45, 7) is 19.5. The van der Waals surface area contributed by atoms with Crippen molar-refractivity contribution in [1.82, 2.24) is 4.90 Å². The maximum atomic E-state index is 12.8. The van der Waals surface area contributed by atoms with Gasteiger partial charge in [0.2, 0.25) is 0 Å². The Morgan fingerprint density at radius 1 is 1.08 bits per heavy atom. The fraction of sp³-hybridized carbons (Fsp3) is 0.719. The molecule has 1 atom stereocenters. The second-order valence-electron chi connectivity index (χ2n) is 11.9. The first-order valence-corrected chi connectivity index (χ1v) is 15.2. The number of rotatable bonds is 7. The van der Waals surface area contributed by atoms with E-state index in [0.717, 1.165) is 70.9 Å². The summed E-state index contributed by atoms with van der Waals surface area (Å²) in [6, 6.07) is 0. The highest BCUT2D eigenvalue weighted by Gasteiger charge is 2.27. The zero-order valence-corrected chi connectivity index (χ0v) is 26.1. The molecule has 1 aliphatic carbocycles. The molecule has 2 aliphatic rings. The first-order valence-electron chi connectivity index (χ1n) is 14.4. The molecule has 0 bridgehead atoms. The van der Waals surface area contributed by atoms with Crippen LogP contribution in [0.1, 0.15) is 126 Å². The Morgan fingerprint density at radius 3 is 2.39 bits per heavy atom. The summed E-state index contributed by atoms with van der Waals surface area (Å²) < 4.78 is 7.05. The molecule has 0 aromatic heterocycles. The van der Waals surface area contributed by atoms with Crippen molar-refractivity contribution in [3.63, 3.8) is 0 Å². The van der Waals surface area contributed by atoms with Gasteiger partial charge >= 0.3 is 5.97 Å². The van der Waals surface area contributed by atoms with Gasteiger partial charge in [-0.3, -0.25) is 4.79 Å². The van der Waals surface area contributed by atoms with Gasteiger partial charge in [-0.15, -0.1) is 0 Å². The molecule has 1 heterocycles. The quantitative estimate of drug-likeness (QED) is 0.228. The molecule has 0 aromatic rings. The van der Waals surface area contributed by atoms with E-state index in [2.05, 4.69) is 61.5 Å². The van der Waals surface area contributed by atoms with Crippen LogP contribution in [0.2, 0.25) is 0 Å². The molecule has 204 valence electrons. The molecule has 0 amide bonds. The SMILES string of the molecule is CCCC(C)=C(CC)CC1=C(C)CCC(Br)=CC(C)=C1N1CCCCC(C(=O)OC(C)(C)C)CCC1. The average molecular weight is 563 g/mol. The van der Waals surface area contributed by atoms with E-state index >= 15 is 0 Å². The van der Waals surface area contributed by atoms with Crippen LogP contribution in [0.3, 0.4) is 0 Å². The van der Waals surface area contributed by atoms with E-state index in [9.17, 15) is 4.79 Å². The third-order valence-electron chi connectivity index (χ3n) is 7.60. The van der Waals surface area contributed by atoms with Crippen LogP contribution in [0.25, 0.3) is 0 Å². The number of esters is 1. The standard InChI is InChI=1S/C32H52BrNO2/c1-9-14-23(3)26(10-2)22-29-24(4)17-18-28(33)21-25(5)30(29)34-19-12-11-15-27(16-13-20-34)31(35)36-32(6,7)8/h21,27H,9-20,22H2,1-8H3. The highest BCUT2D eigenvalue weighted by Crippen LogP contribution is 2.37. The summed E-state index contributed by atoms with van der Waals surface area (Å²) in [6.07, 6.45) is 14.1. The van der Waals surface area contributed by atoms with Crippen molar-refractivity contribution in [1.29, 1.82) is 0 Å². The molecule has 2 rings (SSSR count). The van der Waals surface area contributed by atoms with Crippen LogP contribution < -0.4 is 0 Å². The highest BCUT2D eigenvalue weighted by atomic mass is 79.9. The Morgan fingerprint density at radius 2 is 1.75 bits per heavy atom. The van der Waals surface area contributed by atoms with E-state index in [0.29, 0.717) is 0 Å². The molecular weight excluding hydrogens is 510 g/mol. The van der Waals surface area contributed by atoms with Gasteiger partial charge < -0.3 is 9.64 Å². The van der Waals surface area contributed by atoms with Crippen molar-refractivity contribution >= 4 is 21.9 Å². The van der Waals surface area contributed by atoms with Crippen LogP contribution in [0, 0.1) is 5.92 Å². The highest BCUT2D eigenvalue weighted by molar-refractivity contribution is 9.11. The first kappa shape index (κ1) is 30.9. The summed E-state index contributed by atoms with van der Waals surface area (Å²) in [7, 11) is 0. The van der Waals surface area contributed by atoms with Gasteiger partial charge in [0, 0.05) is 18.8 Å². The molecule has 0 spiro atoms. The Labute approximate surface area is 230 Å². The Balaban J connectivity index is 2.38.